The van der Waals surface area contributed by atoms with Gasteiger partial charge in [-0.1, -0.05) is 13.3 Å². The Kier molecular flexibility index (Phi) is 4.76. The highest BCUT2D eigenvalue weighted by Gasteiger charge is 2.44. The third kappa shape index (κ3) is 2.98. The zero-order valence-corrected chi connectivity index (χ0v) is 13.4. The number of nitrogens with one attached hydrogen (secondary N) is 1. The maximum absolute atomic E-state index is 3.70. The van der Waals surface area contributed by atoms with E-state index in [-0.39, 0.29) is 0 Å². The molecule has 19 heavy (non-hydrogen) atoms. The van der Waals surface area contributed by atoms with Gasteiger partial charge in [-0.05, 0) is 57.7 Å². The Hall–Kier alpha value is 0.270. The third-order valence-electron chi connectivity index (χ3n) is 5.64. The van der Waals surface area contributed by atoms with E-state index in [0.717, 1.165) is 36.0 Å². The van der Waals surface area contributed by atoms with Gasteiger partial charge in [0.15, 0.2) is 0 Å². The van der Waals surface area contributed by atoms with Crippen LogP contribution in [0.3, 0.4) is 0 Å². The molecular weight excluding hydrogens is 252 g/mol. The number of nitrogens with zero attached hydrogens (tertiary/aromatic N) is 1. The van der Waals surface area contributed by atoms with Crippen molar-refractivity contribution in [2.45, 2.75) is 87.7 Å². The Balaban J connectivity index is 1.63. The molecule has 3 rings (SSSR count). The van der Waals surface area contributed by atoms with Crippen molar-refractivity contribution in [2.75, 3.05) is 12.8 Å². The summed E-state index contributed by atoms with van der Waals surface area (Å²) in [5.74, 6) is 0. The highest BCUT2D eigenvalue weighted by molar-refractivity contribution is 7.99. The van der Waals surface area contributed by atoms with Gasteiger partial charge in [-0.25, -0.2) is 0 Å². The lowest BCUT2D eigenvalue weighted by molar-refractivity contribution is 0.0531. The van der Waals surface area contributed by atoms with Crippen LogP contribution in [0.4, 0.5) is 0 Å². The molecule has 2 nitrogen and oxygen atoms in total. The zero-order chi connectivity index (χ0) is 13.2. The number of thioether (sulfide) groups is 1. The first-order valence-electron chi connectivity index (χ1n) is 8.35. The molecule has 1 saturated carbocycles. The van der Waals surface area contributed by atoms with E-state index in [1.807, 2.05) is 0 Å². The number of piperidine rings is 1. The van der Waals surface area contributed by atoms with Crippen molar-refractivity contribution in [1.82, 2.24) is 10.2 Å². The normalized spacial score (nSPS) is 43.6. The van der Waals surface area contributed by atoms with Gasteiger partial charge in [0, 0.05) is 29.4 Å². The summed E-state index contributed by atoms with van der Waals surface area (Å²) in [6.45, 7) is 3.39. The summed E-state index contributed by atoms with van der Waals surface area (Å²) in [7, 11) is 0. The van der Waals surface area contributed by atoms with Gasteiger partial charge in [-0.2, -0.15) is 11.8 Å². The molecule has 1 N–H and O–H groups in total. The predicted octanol–water partition coefficient (Wildman–Crippen LogP) is 3.27. The van der Waals surface area contributed by atoms with Crippen LogP contribution in [0.5, 0.6) is 0 Å². The average Bonchev–Trinajstić information content (AvgIpc) is 2.71. The van der Waals surface area contributed by atoms with Gasteiger partial charge in [0.2, 0.25) is 0 Å². The second-order valence-electron chi connectivity index (χ2n) is 6.74. The van der Waals surface area contributed by atoms with Crippen LogP contribution >= 0.6 is 11.8 Å². The minimum absolute atomic E-state index is 0.804. The van der Waals surface area contributed by atoms with Gasteiger partial charge >= 0.3 is 0 Å². The molecule has 4 unspecified atom stereocenters. The Morgan fingerprint density at radius 1 is 1.00 bits per heavy atom. The smallest absolute Gasteiger partial charge is 0.0116 e. The van der Waals surface area contributed by atoms with E-state index in [1.165, 1.54) is 51.4 Å². The monoisotopic (exact) mass is 282 g/mol. The van der Waals surface area contributed by atoms with Crippen molar-refractivity contribution in [3.8, 4) is 0 Å². The molecule has 0 spiro atoms. The summed E-state index contributed by atoms with van der Waals surface area (Å²) in [6, 6.07) is 3.51. The molecule has 3 heteroatoms. The SMILES string of the molecule is CCNC1CC2CCC(C1)N2C1CCCC(SC)C1. The quantitative estimate of drug-likeness (QED) is 0.852. The van der Waals surface area contributed by atoms with Crippen LogP contribution in [0, 0.1) is 0 Å². The molecule has 2 saturated heterocycles. The molecular formula is C16H30N2S. The first-order chi connectivity index (χ1) is 9.31. The second-order valence-corrected chi connectivity index (χ2v) is 7.87. The fourth-order valence-electron chi connectivity index (χ4n) is 4.87. The van der Waals surface area contributed by atoms with E-state index in [2.05, 4.69) is 35.2 Å². The summed E-state index contributed by atoms with van der Waals surface area (Å²) < 4.78 is 0. The molecule has 4 atom stereocenters. The molecule has 0 amide bonds. The largest absolute Gasteiger partial charge is 0.314 e. The summed E-state index contributed by atoms with van der Waals surface area (Å²) in [5.41, 5.74) is 0. The minimum atomic E-state index is 0.804. The van der Waals surface area contributed by atoms with Crippen molar-refractivity contribution < 1.29 is 0 Å². The molecule has 2 aliphatic heterocycles. The van der Waals surface area contributed by atoms with Gasteiger partial charge in [-0.3, -0.25) is 4.90 Å². The molecule has 3 fully saturated rings. The predicted molar refractivity (Wildman–Crippen MR) is 84.9 cm³/mol. The molecule has 110 valence electrons. The van der Waals surface area contributed by atoms with Crippen LogP contribution in [0.25, 0.3) is 0 Å². The fourth-order valence-corrected chi connectivity index (χ4v) is 5.69. The van der Waals surface area contributed by atoms with E-state index in [9.17, 15) is 0 Å². The van der Waals surface area contributed by atoms with E-state index >= 15 is 0 Å². The highest BCUT2D eigenvalue weighted by atomic mass is 32.2. The van der Waals surface area contributed by atoms with Crippen LogP contribution < -0.4 is 5.32 Å². The Morgan fingerprint density at radius 3 is 2.32 bits per heavy atom. The molecule has 0 radical (unpaired) electrons. The lowest BCUT2D eigenvalue weighted by Gasteiger charge is -2.46. The maximum Gasteiger partial charge on any atom is 0.0116 e. The first kappa shape index (κ1) is 14.2. The van der Waals surface area contributed by atoms with Crippen LogP contribution in [0.1, 0.15) is 58.3 Å². The van der Waals surface area contributed by atoms with Crippen molar-refractivity contribution in [2.24, 2.45) is 0 Å². The lowest BCUT2D eigenvalue weighted by atomic mass is 9.88. The summed E-state index contributed by atoms with van der Waals surface area (Å²) >= 11 is 2.11. The number of hydrogen-bond acceptors (Lipinski definition) is 3. The van der Waals surface area contributed by atoms with E-state index < -0.39 is 0 Å². The van der Waals surface area contributed by atoms with E-state index in [0.29, 0.717) is 0 Å². The number of hydrogen-bond donors (Lipinski definition) is 1. The summed E-state index contributed by atoms with van der Waals surface area (Å²) in [4.78, 5) is 2.97. The van der Waals surface area contributed by atoms with Gasteiger partial charge in [0.1, 0.15) is 0 Å². The lowest BCUT2D eigenvalue weighted by Crippen LogP contribution is -2.54. The molecule has 0 aromatic rings. The molecule has 2 bridgehead atoms. The molecule has 2 heterocycles. The third-order valence-corrected chi connectivity index (χ3v) is 6.73. The summed E-state index contributed by atoms with van der Waals surface area (Å²) in [6.07, 6.45) is 13.9. The Labute approximate surface area is 123 Å². The van der Waals surface area contributed by atoms with Crippen LogP contribution in [0.15, 0.2) is 0 Å². The highest BCUT2D eigenvalue weighted by Crippen LogP contribution is 2.41. The molecule has 3 aliphatic rings. The van der Waals surface area contributed by atoms with Crippen molar-refractivity contribution >= 4 is 11.8 Å². The van der Waals surface area contributed by atoms with Gasteiger partial charge in [0.05, 0.1) is 0 Å². The number of fused-ring (bicyclic) bond motifs is 2. The molecule has 1 aliphatic carbocycles. The van der Waals surface area contributed by atoms with Crippen LogP contribution in [0.2, 0.25) is 0 Å². The van der Waals surface area contributed by atoms with Crippen molar-refractivity contribution in [3.05, 3.63) is 0 Å². The Bertz CT molecular complexity index is 282. The second kappa shape index (κ2) is 6.36. The first-order valence-corrected chi connectivity index (χ1v) is 9.64. The van der Waals surface area contributed by atoms with Gasteiger partial charge in [-0.15, -0.1) is 0 Å². The standard InChI is InChI=1S/C16H30N2S/c1-3-17-12-9-14-7-8-15(10-12)18(14)13-5-4-6-16(11-13)19-2/h12-17H,3-11H2,1-2H3. The molecule has 0 aromatic heterocycles. The van der Waals surface area contributed by atoms with Crippen LogP contribution in [-0.2, 0) is 0 Å². The van der Waals surface area contributed by atoms with Crippen molar-refractivity contribution in [1.29, 1.82) is 0 Å². The minimum Gasteiger partial charge on any atom is -0.314 e. The zero-order valence-electron chi connectivity index (χ0n) is 12.6. The van der Waals surface area contributed by atoms with Gasteiger partial charge in [0.25, 0.3) is 0 Å². The Morgan fingerprint density at radius 2 is 1.68 bits per heavy atom. The maximum atomic E-state index is 3.70. The van der Waals surface area contributed by atoms with E-state index in [4.69, 9.17) is 0 Å². The summed E-state index contributed by atoms with van der Waals surface area (Å²) in [5, 5.41) is 4.63. The fraction of sp³-hybridized carbons (Fsp3) is 1.00. The van der Waals surface area contributed by atoms with E-state index in [1.54, 1.807) is 0 Å². The molecule has 0 aromatic carbocycles. The topological polar surface area (TPSA) is 15.3 Å². The average molecular weight is 282 g/mol. The van der Waals surface area contributed by atoms with Gasteiger partial charge < -0.3 is 5.32 Å². The number of rotatable bonds is 4. The van der Waals surface area contributed by atoms with Crippen molar-refractivity contribution in [3.63, 3.8) is 0 Å². The van der Waals surface area contributed by atoms with Crippen LogP contribution in [-0.4, -0.2) is 47.1 Å².